The molecule has 6 aromatic carbocycles. The van der Waals surface area contributed by atoms with Gasteiger partial charge in [0.05, 0.1) is 28.2 Å². The fourth-order valence-corrected chi connectivity index (χ4v) is 6.91. The van der Waals surface area contributed by atoms with E-state index in [0.717, 1.165) is 24.2 Å². The number of methoxy groups -OCH3 is 1. The smallest absolute Gasteiger partial charge is 0.0609 e. The average molecular weight is 571 g/mol. The van der Waals surface area contributed by atoms with Gasteiger partial charge in [-0.15, -0.1) is 0 Å². The highest BCUT2D eigenvalue weighted by Crippen LogP contribution is 2.37. The highest BCUT2D eigenvalue weighted by molar-refractivity contribution is 6.10. The summed E-state index contributed by atoms with van der Waals surface area (Å²) in [5.41, 5.74) is 10.8. The van der Waals surface area contributed by atoms with E-state index in [-0.39, 0.29) is 6.10 Å². The van der Waals surface area contributed by atoms with Crippen molar-refractivity contribution in [1.29, 1.82) is 0 Å². The molecule has 0 aliphatic rings. The van der Waals surface area contributed by atoms with Crippen LogP contribution in [-0.2, 0) is 11.2 Å². The Balaban J connectivity index is 1.40. The predicted octanol–water partition coefficient (Wildman–Crippen LogP) is 10.5. The number of hydrogen-bond donors (Lipinski definition) is 0. The zero-order valence-electron chi connectivity index (χ0n) is 25.1. The van der Waals surface area contributed by atoms with E-state index in [1.165, 1.54) is 60.3 Å². The van der Waals surface area contributed by atoms with Gasteiger partial charge in [-0.25, -0.2) is 0 Å². The molecule has 0 amide bonds. The summed E-state index contributed by atoms with van der Waals surface area (Å²) < 4.78 is 10.5. The van der Waals surface area contributed by atoms with Gasteiger partial charge in [-0.2, -0.15) is 0 Å². The molecule has 1 atom stereocenters. The van der Waals surface area contributed by atoms with Gasteiger partial charge in [-0.1, -0.05) is 104 Å². The minimum absolute atomic E-state index is 0.237. The number of para-hydroxylation sites is 4. The van der Waals surface area contributed by atoms with E-state index in [2.05, 4.69) is 156 Å². The summed E-state index contributed by atoms with van der Waals surface area (Å²) in [4.78, 5) is 0. The van der Waals surface area contributed by atoms with Crippen molar-refractivity contribution in [3.05, 3.63) is 145 Å². The third kappa shape index (κ3) is 4.32. The van der Waals surface area contributed by atoms with Gasteiger partial charge in [-0.3, -0.25) is 0 Å². The molecule has 0 aliphatic carbocycles. The van der Waals surface area contributed by atoms with Crippen LogP contribution in [0, 0.1) is 0 Å². The third-order valence-electron chi connectivity index (χ3n) is 9.12. The number of nitrogens with zero attached hydrogens (tertiary/aromatic N) is 2. The molecule has 44 heavy (non-hydrogen) atoms. The second-order valence-electron chi connectivity index (χ2n) is 11.6. The molecule has 0 N–H and O–H groups in total. The Labute approximate surface area is 257 Å². The molecule has 8 rings (SSSR count). The molecule has 0 saturated heterocycles. The van der Waals surface area contributed by atoms with Crippen LogP contribution < -0.4 is 0 Å². The van der Waals surface area contributed by atoms with Crippen molar-refractivity contribution in [2.45, 2.75) is 25.9 Å². The van der Waals surface area contributed by atoms with Crippen molar-refractivity contribution in [2.75, 3.05) is 7.11 Å². The van der Waals surface area contributed by atoms with Gasteiger partial charge in [0.15, 0.2) is 0 Å². The van der Waals surface area contributed by atoms with E-state index in [4.69, 9.17) is 4.74 Å². The van der Waals surface area contributed by atoms with Crippen LogP contribution in [0.1, 0.15) is 18.9 Å². The van der Waals surface area contributed by atoms with Gasteiger partial charge in [0.2, 0.25) is 0 Å². The first-order valence-corrected chi connectivity index (χ1v) is 15.5. The minimum Gasteiger partial charge on any atom is -0.381 e. The third-order valence-corrected chi connectivity index (χ3v) is 9.12. The van der Waals surface area contributed by atoms with Crippen molar-refractivity contribution in [1.82, 2.24) is 9.13 Å². The fraction of sp³-hybridized carbons (Fsp3) is 0.122. The molecule has 1 unspecified atom stereocenters. The Hall–Kier alpha value is -5.12. The quantitative estimate of drug-likeness (QED) is 0.186. The maximum absolute atomic E-state index is 5.67. The molecule has 0 saturated carbocycles. The Bertz CT molecular complexity index is 2040. The van der Waals surface area contributed by atoms with Crippen LogP contribution in [0.3, 0.4) is 0 Å². The van der Waals surface area contributed by atoms with E-state index < -0.39 is 0 Å². The van der Waals surface area contributed by atoms with Crippen molar-refractivity contribution in [3.8, 4) is 22.5 Å². The predicted molar refractivity (Wildman–Crippen MR) is 185 cm³/mol. The summed E-state index contributed by atoms with van der Waals surface area (Å²) in [5, 5.41) is 5.06. The molecule has 3 nitrogen and oxygen atoms in total. The number of ether oxygens (including phenoxy) is 1. The van der Waals surface area contributed by atoms with E-state index in [1.807, 2.05) is 0 Å². The van der Waals surface area contributed by atoms with E-state index in [9.17, 15) is 0 Å². The lowest BCUT2D eigenvalue weighted by molar-refractivity contribution is 0.0998. The molecule has 0 aliphatic heterocycles. The molecule has 3 heteroatoms. The molecule has 0 fully saturated rings. The number of aromatic nitrogens is 2. The Kier molecular flexibility index (Phi) is 6.54. The second kappa shape index (κ2) is 10.9. The van der Waals surface area contributed by atoms with Crippen molar-refractivity contribution in [3.63, 3.8) is 0 Å². The summed E-state index contributed by atoms with van der Waals surface area (Å²) >= 11 is 0. The van der Waals surface area contributed by atoms with Crippen LogP contribution in [0.25, 0.3) is 66.1 Å². The molecular weight excluding hydrogens is 536 g/mol. The zero-order chi connectivity index (χ0) is 29.6. The van der Waals surface area contributed by atoms with Gasteiger partial charge >= 0.3 is 0 Å². The normalized spacial score (nSPS) is 12.5. The molecule has 214 valence electrons. The first-order chi connectivity index (χ1) is 21.7. The largest absolute Gasteiger partial charge is 0.381 e. The molecule has 0 spiro atoms. The van der Waals surface area contributed by atoms with E-state index in [0.29, 0.717) is 0 Å². The monoisotopic (exact) mass is 570 g/mol. The number of hydrogen-bond acceptors (Lipinski definition) is 1. The van der Waals surface area contributed by atoms with Crippen molar-refractivity contribution < 1.29 is 4.74 Å². The van der Waals surface area contributed by atoms with Crippen LogP contribution in [0.2, 0.25) is 0 Å². The lowest BCUT2D eigenvalue weighted by Crippen LogP contribution is -2.12. The fourth-order valence-electron chi connectivity index (χ4n) is 6.91. The van der Waals surface area contributed by atoms with Gasteiger partial charge in [0.1, 0.15) is 0 Å². The molecule has 8 aromatic rings. The maximum atomic E-state index is 5.67. The number of rotatable bonds is 7. The highest BCUT2D eigenvalue weighted by Gasteiger charge is 2.17. The second-order valence-corrected chi connectivity index (χ2v) is 11.6. The van der Waals surface area contributed by atoms with Crippen LogP contribution in [0.4, 0.5) is 0 Å². The first kappa shape index (κ1) is 26.5. The van der Waals surface area contributed by atoms with Crippen molar-refractivity contribution >= 4 is 43.6 Å². The molecule has 2 aromatic heterocycles. The van der Waals surface area contributed by atoms with Crippen LogP contribution in [0.5, 0.6) is 0 Å². The minimum atomic E-state index is 0.237. The Morgan fingerprint density at radius 1 is 0.500 bits per heavy atom. The summed E-state index contributed by atoms with van der Waals surface area (Å²) in [6, 6.07) is 51.0. The number of fused-ring (bicyclic) bond motifs is 6. The van der Waals surface area contributed by atoms with Gasteiger partial charge in [0, 0.05) is 40.0 Å². The van der Waals surface area contributed by atoms with E-state index >= 15 is 0 Å². The summed E-state index contributed by atoms with van der Waals surface area (Å²) in [6.45, 7) is 2.18. The van der Waals surface area contributed by atoms with Gasteiger partial charge in [-0.05, 0) is 72.0 Å². The SMILES string of the molecule is CCC(Cc1ccc(-c2cc(-n3c4ccccc4c4ccccc43)cc(-n3c4ccccc4c4ccccc43)c2)cc1)OC. The zero-order valence-corrected chi connectivity index (χ0v) is 25.1. The molecule has 2 heterocycles. The van der Waals surface area contributed by atoms with E-state index in [1.54, 1.807) is 7.11 Å². The summed E-state index contributed by atoms with van der Waals surface area (Å²) in [5.74, 6) is 0. The Morgan fingerprint density at radius 2 is 0.909 bits per heavy atom. The molecule has 0 radical (unpaired) electrons. The first-order valence-electron chi connectivity index (χ1n) is 15.5. The van der Waals surface area contributed by atoms with Crippen LogP contribution >= 0.6 is 0 Å². The Morgan fingerprint density at radius 3 is 1.30 bits per heavy atom. The van der Waals surface area contributed by atoms with Gasteiger partial charge < -0.3 is 13.9 Å². The highest BCUT2D eigenvalue weighted by atomic mass is 16.5. The summed E-state index contributed by atoms with van der Waals surface area (Å²) in [6.07, 6.45) is 2.16. The van der Waals surface area contributed by atoms with Gasteiger partial charge in [0.25, 0.3) is 0 Å². The van der Waals surface area contributed by atoms with Crippen molar-refractivity contribution in [2.24, 2.45) is 0 Å². The lowest BCUT2D eigenvalue weighted by atomic mass is 9.99. The number of benzene rings is 6. The standard InChI is InChI=1S/C41H34N2O/c1-3-33(44-2)24-28-20-22-29(23-21-28)30-25-31(42-38-16-8-4-12-34(38)35-13-5-9-17-39(35)42)27-32(26-30)43-40-18-10-6-14-36(40)37-15-7-11-19-41(37)43/h4-23,25-27,33H,3,24H2,1-2H3. The maximum Gasteiger partial charge on any atom is 0.0609 e. The average Bonchev–Trinajstić information content (AvgIpc) is 3.60. The molecule has 0 bridgehead atoms. The topological polar surface area (TPSA) is 19.1 Å². The van der Waals surface area contributed by atoms with Crippen LogP contribution in [0.15, 0.2) is 140 Å². The lowest BCUT2D eigenvalue weighted by Gasteiger charge is -2.16. The summed E-state index contributed by atoms with van der Waals surface area (Å²) in [7, 11) is 1.80. The molecular formula is C41H34N2O. The van der Waals surface area contributed by atoms with Crippen LogP contribution in [-0.4, -0.2) is 22.3 Å².